The van der Waals surface area contributed by atoms with Gasteiger partial charge < -0.3 is 20.1 Å². The van der Waals surface area contributed by atoms with Gasteiger partial charge in [-0.25, -0.2) is 0 Å². The van der Waals surface area contributed by atoms with Gasteiger partial charge >= 0.3 is 0 Å². The molecule has 0 bridgehead atoms. The van der Waals surface area contributed by atoms with E-state index in [0.29, 0.717) is 25.9 Å². The van der Waals surface area contributed by atoms with Gasteiger partial charge in [-0.3, -0.25) is 4.79 Å². The molecule has 5 heteroatoms. The number of carbonyl (C=O) groups is 1. The van der Waals surface area contributed by atoms with Crippen LogP contribution in [-0.2, 0) is 4.79 Å². The number of hydrogen-bond donors (Lipinski definition) is 2. The van der Waals surface area contributed by atoms with Crippen molar-refractivity contribution in [3.63, 3.8) is 0 Å². The van der Waals surface area contributed by atoms with E-state index in [4.69, 9.17) is 9.84 Å². The second kappa shape index (κ2) is 9.34. The Bertz CT molecular complexity index is 408. The summed E-state index contributed by atoms with van der Waals surface area (Å²) in [6.07, 6.45) is 1.77. The zero-order chi connectivity index (χ0) is 14.8. The number of carbonyl (C=O) groups excluding carboxylic acids is 1. The van der Waals surface area contributed by atoms with Crippen molar-refractivity contribution in [2.24, 2.45) is 0 Å². The summed E-state index contributed by atoms with van der Waals surface area (Å²) in [5.74, 6) is 0.712. The Kier molecular flexibility index (Phi) is 7.69. The number of rotatable bonds is 9. The highest BCUT2D eigenvalue weighted by atomic mass is 16.5. The fraction of sp³-hybridized carbons (Fsp3) is 0.533. The summed E-state index contributed by atoms with van der Waals surface area (Å²) in [5, 5.41) is 11.5. The first kappa shape index (κ1) is 16.5. The molecule has 0 unspecified atom stereocenters. The number of amides is 1. The number of benzene rings is 1. The van der Waals surface area contributed by atoms with Gasteiger partial charge in [0, 0.05) is 31.3 Å². The number of aliphatic hydroxyl groups is 1. The number of unbranched alkanes of at least 4 members (excludes halogenated alkanes) is 1. The molecule has 1 amide bonds. The molecule has 112 valence electrons. The zero-order valence-electron chi connectivity index (χ0n) is 12.3. The Hall–Kier alpha value is -1.59. The number of nitrogens with one attached hydrogen (secondary N) is 1. The summed E-state index contributed by atoms with van der Waals surface area (Å²) in [6, 6.07) is 7.38. The summed E-state index contributed by atoms with van der Waals surface area (Å²) in [4.78, 5) is 13.7. The van der Waals surface area contributed by atoms with Gasteiger partial charge in [-0.05, 0) is 39.1 Å². The van der Waals surface area contributed by atoms with Crippen molar-refractivity contribution < 1.29 is 14.6 Å². The predicted octanol–water partition coefficient (Wildman–Crippen LogP) is 1.73. The molecule has 0 saturated heterocycles. The molecular weight excluding hydrogens is 256 g/mol. The highest BCUT2D eigenvalue weighted by Gasteiger charge is 2.03. The lowest BCUT2D eigenvalue weighted by Gasteiger charge is -2.12. The maximum atomic E-state index is 11.7. The van der Waals surface area contributed by atoms with Crippen LogP contribution in [0.5, 0.6) is 5.75 Å². The van der Waals surface area contributed by atoms with E-state index in [-0.39, 0.29) is 12.5 Å². The van der Waals surface area contributed by atoms with Crippen molar-refractivity contribution >= 4 is 11.6 Å². The van der Waals surface area contributed by atoms with Crippen LogP contribution < -0.4 is 10.1 Å². The third-order valence-electron chi connectivity index (χ3n) is 2.74. The van der Waals surface area contributed by atoms with Crippen LogP contribution in [0.25, 0.3) is 0 Å². The lowest BCUT2D eigenvalue weighted by molar-refractivity contribution is -0.116. The molecular formula is C15H24N2O3. The summed E-state index contributed by atoms with van der Waals surface area (Å²) < 4.78 is 5.61. The summed E-state index contributed by atoms with van der Waals surface area (Å²) in [6.45, 7) is 1.58. The minimum atomic E-state index is -0.0381. The van der Waals surface area contributed by atoms with Gasteiger partial charge in [0.05, 0.1) is 0 Å². The lowest BCUT2D eigenvalue weighted by atomic mass is 10.2. The van der Waals surface area contributed by atoms with Crippen LogP contribution in [-0.4, -0.2) is 49.8 Å². The smallest absolute Gasteiger partial charge is 0.224 e. The Morgan fingerprint density at radius 1 is 1.35 bits per heavy atom. The number of anilines is 1. The SMILES string of the molecule is CN(C)CCOc1cccc(NC(=O)CCCCO)c1. The first-order chi connectivity index (χ1) is 9.61. The van der Waals surface area contributed by atoms with E-state index in [0.717, 1.165) is 18.0 Å². The quantitative estimate of drug-likeness (QED) is 0.676. The molecule has 0 aliphatic rings. The second-order valence-electron chi connectivity index (χ2n) is 4.91. The number of likely N-dealkylation sites (N-methyl/N-ethyl adjacent to an activating group) is 1. The fourth-order valence-corrected chi connectivity index (χ4v) is 1.63. The molecule has 2 N–H and O–H groups in total. The van der Waals surface area contributed by atoms with Crippen LogP contribution >= 0.6 is 0 Å². The molecule has 0 saturated carbocycles. The maximum Gasteiger partial charge on any atom is 0.224 e. The summed E-state index contributed by atoms with van der Waals surface area (Å²) in [7, 11) is 3.98. The molecule has 1 aromatic rings. The molecule has 0 aliphatic heterocycles. The van der Waals surface area contributed by atoms with Crippen LogP contribution in [0.1, 0.15) is 19.3 Å². The van der Waals surface area contributed by atoms with E-state index in [1.807, 2.05) is 43.3 Å². The molecule has 1 rings (SSSR count). The monoisotopic (exact) mass is 280 g/mol. The third-order valence-corrected chi connectivity index (χ3v) is 2.74. The lowest BCUT2D eigenvalue weighted by Crippen LogP contribution is -2.19. The van der Waals surface area contributed by atoms with Gasteiger partial charge in [-0.1, -0.05) is 6.07 Å². The average molecular weight is 280 g/mol. The van der Waals surface area contributed by atoms with E-state index >= 15 is 0 Å². The van der Waals surface area contributed by atoms with E-state index in [9.17, 15) is 4.79 Å². The first-order valence-electron chi connectivity index (χ1n) is 6.90. The van der Waals surface area contributed by atoms with Gasteiger partial charge in [0.25, 0.3) is 0 Å². The summed E-state index contributed by atoms with van der Waals surface area (Å²) in [5.41, 5.74) is 0.737. The number of hydrogen-bond acceptors (Lipinski definition) is 4. The number of ether oxygens (including phenoxy) is 1. The van der Waals surface area contributed by atoms with Gasteiger partial charge in [0.2, 0.25) is 5.91 Å². The van der Waals surface area contributed by atoms with Crippen molar-refractivity contribution in [2.45, 2.75) is 19.3 Å². The van der Waals surface area contributed by atoms with Crippen LogP contribution in [0.4, 0.5) is 5.69 Å². The second-order valence-corrected chi connectivity index (χ2v) is 4.91. The van der Waals surface area contributed by atoms with E-state index in [1.54, 1.807) is 0 Å². The zero-order valence-corrected chi connectivity index (χ0v) is 12.3. The normalized spacial score (nSPS) is 10.6. The molecule has 1 aromatic carbocycles. The first-order valence-corrected chi connectivity index (χ1v) is 6.90. The van der Waals surface area contributed by atoms with Crippen molar-refractivity contribution in [1.82, 2.24) is 4.90 Å². The molecule has 0 atom stereocenters. The van der Waals surface area contributed by atoms with Crippen LogP contribution in [0.15, 0.2) is 24.3 Å². The Balaban J connectivity index is 2.40. The molecule has 0 spiro atoms. The Morgan fingerprint density at radius 2 is 2.15 bits per heavy atom. The molecule has 5 nitrogen and oxygen atoms in total. The van der Waals surface area contributed by atoms with Crippen LogP contribution in [0.2, 0.25) is 0 Å². The van der Waals surface area contributed by atoms with E-state index in [1.165, 1.54) is 0 Å². The Morgan fingerprint density at radius 3 is 2.85 bits per heavy atom. The van der Waals surface area contributed by atoms with Gasteiger partial charge in [0.15, 0.2) is 0 Å². The molecule has 0 radical (unpaired) electrons. The minimum absolute atomic E-state index is 0.0381. The number of nitrogens with zero attached hydrogens (tertiary/aromatic N) is 1. The van der Waals surface area contributed by atoms with Crippen molar-refractivity contribution in [3.8, 4) is 5.75 Å². The van der Waals surface area contributed by atoms with Crippen molar-refractivity contribution in [1.29, 1.82) is 0 Å². The fourth-order valence-electron chi connectivity index (χ4n) is 1.63. The standard InChI is InChI=1S/C15H24N2O3/c1-17(2)9-11-20-14-7-5-6-13(12-14)16-15(19)8-3-4-10-18/h5-7,12,18H,3-4,8-11H2,1-2H3,(H,16,19). The molecule has 0 aromatic heterocycles. The molecule has 0 fully saturated rings. The minimum Gasteiger partial charge on any atom is -0.492 e. The highest BCUT2D eigenvalue weighted by Crippen LogP contribution is 2.17. The predicted molar refractivity (Wildman–Crippen MR) is 80.1 cm³/mol. The Labute approximate surface area is 120 Å². The average Bonchev–Trinajstić information content (AvgIpc) is 2.39. The van der Waals surface area contributed by atoms with Crippen LogP contribution in [0.3, 0.4) is 0 Å². The van der Waals surface area contributed by atoms with Crippen molar-refractivity contribution in [2.75, 3.05) is 39.2 Å². The molecule has 0 aliphatic carbocycles. The summed E-state index contributed by atoms with van der Waals surface area (Å²) >= 11 is 0. The van der Waals surface area contributed by atoms with E-state index < -0.39 is 0 Å². The maximum absolute atomic E-state index is 11.7. The topological polar surface area (TPSA) is 61.8 Å². The van der Waals surface area contributed by atoms with Crippen LogP contribution in [0, 0.1) is 0 Å². The van der Waals surface area contributed by atoms with E-state index in [2.05, 4.69) is 5.32 Å². The van der Waals surface area contributed by atoms with Gasteiger partial charge in [-0.2, -0.15) is 0 Å². The molecule has 20 heavy (non-hydrogen) atoms. The third kappa shape index (κ3) is 7.11. The largest absolute Gasteiger partial charge is 0.492 e. The van der Waals surface area contributed by atoms with Gasteiger partial charge in [0.1, 0.15) is 12.4 Å². The molecule has 0 heterocycles. The van der Waals surface area contributed by atoms with Crippen molar-refractivity contribution in [3.05, 3.63) is 24.3 Å². The van der Waals surface area contributed by atoms with Gasteiger partial charge in [-0.15, -0.1) is 0 Å². The number of aliphatic hydroxyl groups excluding tert-OH is 1. The highest BCUT2D eigenvalue weighted by molar-refractivity contribution is 5.90.